The van der Waals surface area contributed by atoms with Gasteiger partial charge < -0.3 is 20.1 Å². The molecule has 0 aromatic rings. The minimum absolute atomic E-state index is 0.0671. The van der Waals surface area contributed by atoms with Crippen molar-refractivity contribution in [3.8, 4) is 0 Å². The Morgan fingerprint density at radius 3 is 2.94 bits per heavy atom. The van der Waals surface area contributed by atoms with Gasteiger partial charge in [-0.15, -0.1) is 11.8 Å². The first-order chi connectivity index (χ1) is 8.06. The van der Waals surface area contributed by atoms with Crippen LogP contribution in [0.15, 0.2) is 0 Å². The molecule has 1 aliphatic rings. The molecule has 6 nitrogen and oxygen atoms in total. The zero-order valence-electron chi connectivity index (χ0n) is 10.0. The predicted molar refractivity (Wildman–Crippen MR) is 65.1 cm³/mol. The fourth-order valence-electron chi connectivity index (χ4n) is 1.52. The highest BCUT2D eigenvalue weighted by atomic mass is 32.2. The number of amides is 2. The number of nitrogens with zero attached hydrogens (tertiary/aromatic N) is 1. The SMILES string of the molecule is CCOC(C)CNC(=O)N1CSCC1C(=O)O. The molecular weight excluding hydrogens is 244 g/mol. The van der Waals surface area contributed by atoms with Crippen LogP contribution in [0, 0.1) is 0 Å². The van der Waals surface area contributed by atoms with Gasteiger partial charge in [0.25, 0.3) is 0 Å². The van der Waals surface area contributed by atoms with E-state index in [0.717, 1.165) is 0 Å². The standard InChI is InChI=1S/C10H18N2O4S/c1-3-16-7(2)4-11-10(15)12-6-17-5-8(12)9(13)14/h7-8H,3-6H2,1-2H3,(H,11,15)(H,13,14). The van der Waals surface area contributed by atoms with Gasteiger partial charge in [0.15, 0.2) is 0 Å². The van der Waals surface area contributed by atoms with Crippen LogP contribution in [-0.4, -0.2) is 58.9 Å². The van der Waals surface area contributed by atoms with Crippen LogP contribution < -0.4 is 5.32 Å². The summed E-state index contributed by atoms with van der Waals surface area (Å²) < 4.78 is 5.27. The Balaban J connectivity index is 2.39. The molecule has 2 atom stereocenters. The summed E-state index contributed by atoms with van der Waals surface area (Å²) in [5.41, 5.74) is 0. The summed E-state index contributed by atoms with van der Waals surface area (Å²) in [4.78, 5) is 24.0. The Labute approximate surface area is 105 Å². The van der Waals surface area contributed by atoms with Crippen molar-refractivity contribution < 1.29 is 19.4 Å². The molecule has 0 bridgehead atoms. The number of carboxylic acid groups (broad SMARTS) is 1. The Bertz CT molecular complexity index is 287. The maximum atomic E-state index is 11.8. The number of carbonyl (C=O) groups is 2. The number of carboxylic acids is 1. The molecule has 98 valence electrons. The van der Waals surface area contributed by atoms with Crippen LogP contribution in [0.1, 0.15) is 13.8 Å². The fourth-order valence-corrected chi connectivity index (χ4v) is 2.67. The Morgan fingerprint density at radius 1 is 1.65 bits per heavy atom. The second-order valence-electron chi connectivity index (χ2n) is 3.78. The van der Waals surface area contributed by atoms with Gasteiger partial charge in [0.1, 0.15) is 6.04 Å². The molecule has 0 aromatic heterocycles. The summed E-state index contributed by atoms with van der Waals surface area (Å²) >= 11 is 1.44. The lowest BCUT2D eigenvalue weighted by molar-refractivity contribution is -0.140. The lowest BCUT2D eigenvalue weighted by Gasteiger charge is -2.22. The van der Waals surface area contributed by atoms with Crippen molar-refractivity contribution in [3.63, 3.8) is 0 Å². The average molecular weight is 262 g/mol. The van der Waals surface area contributed by atoms with E-state index in [1.165, 1.54) is 16.7 Å². The van der Waals surface area contributed by atoms with Gasteiger partial charge in [-0.2, -0.15) is 0 Å². The number of aliphatic carboxylic acids is 1. The van der Waals surface area contributed by atoms with Gasteiger partial charge in [0.2, 0.25) is 0 Å². The molecule has 2 N–H and O–H groups in total. The van der Waals surface area contributed by atoms with Crippen LogP contribution in [0.3, 0.4) is 0 Å². The van der Waals surface area contributed by atoms with Crippen LogP contribution in [0.25, 0.3) is 0 Å². The molecule has 0 radical (unpaired) electrons. The molecule has 1 fully saturated rings. The van der Waals surface area contributed by atoms with E-state index in [2.05, 4.69) is 5.32 Å². The number of hydrogen-bond acceptors (Lipinski definition) is 4. The third-order valence-electron chi connectivity index (χ3n) is 2.42. The molecule has 0 aliphatic carbocycles. The molecule has 17 heavy (non-hydrogen) atoms. The Morgan fingerprint density at radius 2 is 2.35 bits per heavy atom. The van der Waals surface area contributed by atoms with Crippen LogP contribution >= 0.6 is 11.8 Å². The zero-order chi connectivity index (χ0) is 12.8. The molecule has 2 amide bonds. The fraction of sp³-hybridized carbons (Fsp3) is 0.800. The minimum Gasteiger partial charge on any atom is -0.480 e. The molecule has 1 heterocycles. The summed E-state index contributed by atoms with van der Waals surface area (Å²) in [5.74, 6) is -0.0849. The number of nitrogens with one attached hydrogen (secondary N) is 1. The number of rotatable bonds is 5. The van der Waals surface area contributed by atoms with Gasteiger partial charge >= 0.3 is 12.0 Å². The van der Waals surface area contributed by atoms with Gasteiger partial charge in [0.05, 0.1) is 12.0 Å². The van der Waals surface area contributed by atoms with E-state index in [1.54, 1.807) is 0 Å². The third-order valence-corrected chi connectivity index (χ3v) is 3.43. The van der Waals surface area contributed by atoms with Gasteiger partial charge in [0, 0.05) is 18.9 Å². The molecule has 1 saturated heterocycles. The first kappa shape index (κ1) is 14.1. The van der Waals surface area contributed by atoms with Crippen molar-refractivity contribution >= 4 is 23.8 Å². The zero-order valence-corrected chi connectivity index (χ0v) is 10.8. The summed E-state index contributed by atoms with van der Waals surface area (Å²) in [6.45, 7) is 4.72. The molecule has 0 aromatic carbocycles. The van der Waals surface area contributed by atoms with E-state index in [1.807, 2.05) is 13.8 Å². The van der Waals surface area contributed by atoms with Crippen LogP contribution in [-0.2, 0) is 9.53 Å². The van der Waals surface area contributed by atoms with Gasteiger partial charge in [-0.1, -0.05) is 0 Å². The van der Waals surface area contributed by atoms with E-state index >= 15 is 0 Å². The molecule has 0 spiro atoms. The Hall–Kier alpha value is -0.950. The normalized spacial score (nSPS) is 21.3. The number of thioether (sulfide) groups is 1. The van der Waals surface area contributed by atoms with Crippen molar-refractivity contribution in [2.24, 2.45) is 0 Å². The maximum absolute atomic E-state index is 11.8. The highest BCUT2D eigenvalue weighted by molar-refractivity contribution is 7.99. The Kier molecular flexibility index (Phi) is 5.57. The minimum atomic E-state index is -0.956. The van der Waals surface area contributed by atoms with Crippen LogP contribution in [0.2, 0.25) is 0 Å². The monoisotopic (exact) mass is 262 g/mol. The number of urea groups is 1. The first-order valence-corrected chi connectivity index (χ1v) is 6.68. The topological polar surface area (TPSA) is 78.9 Å². The molecule has 2 unspecified atom stereocenters. The molecule has 1 aliphatic heterocycles. The summed E-state index contributed by atoms with van der Waals surface area (Å²) in [6, 6.07) is -1.06. The average Bonchev–Trinajstić information content (AvgIpc) is 2.75. The van der Waals surface area contributed by atoms with Crippen molar-refractivity contribution in [2.75, 3.05) is 24.8 Å². The third kappa shape index (κ3) is 4.08. The number of carbonyl (C=O) groups excluding carboxylic acids is 1. The molecular formula is C10H18N2O4S. The predicted octanol–water partition coefficient (Wildman–Crippen LogP) is 0.580. The van der Waals surface area contributed by atoms with E-state index in [0.29, 0.717) is 24.8 Å². The van der Waals surface area contributed by atoms with Crippen LogP contribution in [0.4, 0.5) is 4.79 Å². The highest BCUT2D eigenvalue weighted by Gasteiger charge is 2.34. The lowest BCUT2D eigenvalue weighted by Crippen LogP contribution is -2.48. The maximum Gasteiger partial charge on any atom is 0.327 e. The van der Waals surface area contributed by atoms with Crippen LogP contribution in [0.5, 0.6) is 0 Å². The van der Waals surface area contributed by atoms with E-state index < -0.39 is 12.0 Å². The van der Waals surface area contributed by atoms with Gasteiger partial charge in [-0.25, -0.2) is 9.59 Å². The largest absolute Gasteiger partial charge is 0.480 e. The van der Waals surface area contributed by atoms with E-state index in [9.17, 15) is 9.59 Å². The van der Waals surface area contributed by atoms with Gasteiger partial charge in [-0.3, -0.25) is 0 Å². The van der Waals surface area contributed by atoms with Crippen molar-refractivity contribution in [1.29, 1.82) is 0 Å². The van der Waals surface area contributed by atoms with Crippen molar-refractivity contribution in [2.45, 2.75) is 26.0 Å². The van der Waals surface area contributed by atoms with Crippen molar-refractivity contribution in [1.82, 2.24) is 10.2 Å². The second kappa shape index (κ2) is 6.70. The molecule has 0 saturated carbocycles. The van der Waals surface area contributed by atoms with Gasteiger partial charge in [-0.05, 0) is 13.8 Å². The van der Waals surface area contributed by atoms with Crippen molar-refractivity contribution in [3.05, 3.63) is 0 Å². The second-order valence-corrected chi connectivity index (χ2v) is 4.78. The smallest absolute Gasteiger partial charge is 0.327 e. The molecule has 1 rings (SSSR count). The highest BCUT2D eigenvalue weighted by Crippen LogP contribution is 2.20. The quantitative estimate of drug-likeness (QED) is 0.757. The molecule has 7 heteroatoms. The number of hydrogen-bond donors (Lipinski definition) is 2. The first-order valence-electron chi connectivity index (χ1n) is 5.52. The summed E-state index contributed by atoms with van der Waals surface area (Å²) in [5, 5.41) is 11.6. The lowest BCUT2D eigenvalue weighted by atomic mass is 10.3. The summed E-state index contributed by atoms with van der Waals surface area (Å²) in [6.07, 6.45) is -0.0671. The van der Waals surface area contributed by atoms with E-state index in [4.69, 9.17) is 9.84 Å². The summed E-state index contributed by atoms with van der Waals surface area (Å²) in [7, 11) is 0. The van der Waals surface area contributed by atoms with E-state index in [-0.39, 0.29) is 12.1 Å². The number of ether oxygens (including phenoxy) is 1.